The van der Waals surface area contributed by atoms with E-state index in [2.05, 4.69) is 26.2 Å². The second-order valence-corrected chi connectivity index (χ2v) is 9.17. The van der Waals surface area contributed by atoms with Crippen LogP contribution in [0.3, 0.4) is 0 Å². The van der Waals surface area contributed by atoms with Gasteiger partial charge in [-0.2, -0.15) is 4.31 Å². The average Bonchev–Trinajstić information content (AvgIpc) is 3.02. The molecule has 2 heterocycles. The Kier molecular flexibility index (Phi) is 4.82. The highest BCUT2D eigenvalue weighted by Crippen LogP contribution is 2.39. The van der Waals surface area contributed by atoms with Gasteiger partial charge in [-0.15, -0.1) is 0 Å². The van der Waals surface area contributed by atoms with E-state index in [9.17, 15) is 18.0 Å². The van der Waals surface area contributed by atoms with Gasteiger partial charge in [0.1, 0.15) is 16.0 Å². The van der Waals surface area contributed by atoms with Crippen LogP contribution in [0, 0.1) is 0 Å². The first-order chi connectivity index (χ1) is 13.3. The number of hydrogen-bond acceptors (Lipinski definition) is 5. The molecule has 4 rings (SSSR count). The normalized spacial score (nSPS) is 18.4. The smallest absolute Gasteiger partial charge is 0.406 e. The van der Waals surface area contributed by atoms with Gasteiger partial charge in [-0.3, -0.25) is 9.78 Å². The number of carbonyl (C=O) groups is 1. The highest BCUT2D eigenvalue weighted by molar-refractivity contribution is 9.10. The Morgan fingerprint density at radius 3 is 2.64 bits per heavy atom. The molecule has 1 aromatic heterocycles. The number of nitrogens with zero attached hydrogens (tertiary/aromatic N) is 1. The summed E-state index contributed by atoms with van der Waals surface area (Å²) in [4.78, 5) is 26.2. The Hall–Kier alpha value is -2.14. The summed E-state index contributed by atoms with van der Waals surface area (Å²) in [6.07, 6.45) is 0. The highest BCUT2D eigenvalue weighted by atomic mass is 79.9. The maximum absolute atomic E-state index is 13.5. The number of hydrogen-bond donors (Lipinski definition) is 2. The molecule has 0 saturated carbocycles. The van der Waals surface area contributed by atoms with Crippen molar-refractivity contribution in [3.8, 4) is 0 Å². The monoisotopic (exact) mass is 485 g/mol. The first-order valence-electron chi connectivity index (χ1n) is 8.16. The predicted molar refractivity (Wildman–Crippen MR) is 106 cm³/mol. The standard InChI is InChI=1S/C17H13BrClN3O5S/c18-10-8-11-14(27-17(24)21-11)12(19)15(10)28(25,26)22-7-6-20-16(23)13(22)9-4-2-1-3-5-9/h1-5,8,13H,6-7H2,(H,20,23)(H,21,24). The van der Waals surface area contributed by atoms with Crippen molar-refractivity contribution in [3.63, 3.8) is 0 Å². The molecular formula is C17H13BrClN3O5S. The van der Waals surface area contributed by atoms with Gasteiger partial charge < -0.3 is 9.73 Å². The van der Waals surface area contributed by atoms with E-state index >= 15 is 0 Å². The number of aromatic nitrogens is 1. The van der Waals surface area contributed by atoms with Gasteiger partial charge in [0.05, 0.1) is 5.52 Å². The molecule has 1 atom stereocenters. The summed E-state index contributed by atoms with van der Waals surface area (Å²) >= 11 is 9.52. The van der Waals surface area contributed by atoms with E-state index in [1.54, 1.807) is 30.3 Å². The molecule has 1 aliphatic rings. The second-order valence-electron chi connectivity index (χ2n) is 6.11. The van der Waals surface area contributed by atoms with Crippen LogP contribution < -0.4 is 11.1 Å². The lowest BCUT2D eigenvalue weighted by molar-refractivity contribution is -0.126. The molecule has 0 spiro atoms. The van der Waals surface area contributed by atoms with Gasteiger partial charge in [0.25, 0.3) is 0 Å². The third kappa shape index (κ3) is 3.06. The number of H-pyrrole nitrogens is 1. The molecule has 1 aliphatic heterocycles. The Balaban J connectivity index is 1.91. The summed E-state index contributed by atoms with van der Waals surface area (Å²) in [7, 11) is -4.22. The first kappa shape index (κ1) is 19.2. The van der Waals surface area contributed by atoms with Gasteiger partial charge in [-0.05, 0) is 27.6 Å². The summed E-state index contributed by atoms with van der Waals surface area (Å²) < 4.78 is 33.3. The largest absolute Gasteiger partial charge is 0.417 e. The molecule has 1 unspecified atom stereocenters. The van der Waals surface area contributed by atoms with Gasteiger partial charge in [-0.25, -0.2) is 13.2 Å². The first-order valence-corrected chi connectivity index (χ1v) is 10.8. The molecule has 11 heteroatoms. The highest BCUT2D eigenvalue weighted by Gasteiger charge is 2.41. The lowest BCUT2D eigenvalue weighted by Crippen LogP contribution is -2.52. The number of halogens is 2. The molecule has 146 valence electrons. The van der Waals surface area contributed by atoms with Crippen molar-refractivity contribution in [2.45, 2.75) is 10.9 Å². The van der Waals surface area contributed by atoms with Crippen LogP contribution in [0.25, 0.3) is 11.1 Å². The average molecular weight is 487 g/mol. The number of amides is 1. The fraction of sp³-hybridized carbons (Fsp3) is 0.176. The van der Waals surface area contributed by atoms with Crippen LogP contribution in [0.15, 0.2) is 55.0 Å². The van der Waals surface area contributed by atoms with Gasteiger partial charge in [-0.1, -0.05) is 41.9 Å². The summed E-state index contributed by atoms with van der Waals surface area (Å²) in [5, 5.41) is 2.46. The van der Waals surface area contributed by atoms with Crippen molar-refractivity contribution in [1.82, 2.24) is 14.6 Å². The zero-order chi connectivity index (χ0) is 20.1. The molecule has 0 aliphatic carbocycles. The summed E-state index contributed by atoms with van der Waals surface area (Å²) in [6, 6.07) is 8.96. The van der Waals surface area contributed by atoms with Crippen LogP contribution in [0.5, 0.6) is 0 Å². The fourth-order valence-electron chi connectivity index (χ4n) is 3.22. The maximum Gasteiger partial charge on any atom is 0.417 e. The molecule has 2 N–H and O–H groups in total. The lowest BCUT2D eigenvalue weighted by atomic mass is 10.1. The number of piperazine rings is 1. The summed E-state index contributed by atoms with van der Waals surface area (Å²) in [5.41, 5.74) is 0.729. The number of aromatic amines is 1. The second kappa shape index (κ2) is 7.03. The molecule has 28 heavy (non-hydrogen) atoms. The number of nitrogens with one attached hydrogen (secondary N) is 2. The molecule has 1 fully saturated rings. The predicted octanol–water partition coefficient (Wildman–Crippen LogP) is 2.40. The molecule has 0 radical (unpaired) electrons. The minimum Gasteiger partial charge on any atom is -0.406 e. The summed E-state index contributed by atoms with van der Waals surface area (Å²) in [5.74, 6) is -1.18. The minimum absolute atomic E-state index is 0.0610. The number of sulfonamides is 1. The number of oxazole rings is 1. The molecule has 8 nitrogen and oxygen atoms in total. The van der Waals surface area contributed by atoms with Crippen molar-refractivity contribution in [2.24, 2.45) is 0 Å². The topological polar surface area (TPSA) is 112 Å². The lowest BCUT2D eigenvalue weighted by Gasteiger charge is -2.34. The van der Waals surface area contributed by atoms with Crippen molar-refractivity contribution in [2.75, 3.05) is 13.1 Å². The molecule has 0 bridgehead atoms. The van der Waals surface area contributed by atoms with E-state index in [1.807, 2.05) is 0 Å². The molecule has 1 saturated heterocycles. The number of rotatable bonds is 3. The quantitative estimate of drug-likeness (QED) is 0.590. The zero-order valence-electron chi connectivity index (χ0n) is 14.1. The molecular weight excluding hydrogens is 474 g/mol. The van der Waals surface area contributed by atoms with E-state index in [4.69, 9.17) is 16.0 Å². The number of carbonyl (C=O) groups excluding carboxylic acids is 1. The van der Waals surface area contributed by atoms with Crippen molar-refractivity contribution >= 4 is 54.6 Å². The number of benzene rings is 2. The third-order valence-corrected chi connectivity index (χ3v) is 7.72. The van der Waals surface area contributed by atoms with Gasteiger partial charge >= 0.3 is 5.76 Å². The van der Waals surface area contributed by atoms with Crippen LogP contribution in [-0.2, 0) is 14.8 Å². The Morgan fingerprint density at radius 1 is 1.21 bits per heavy atom. The third-order valence-electron chi connectivity index (χ3n) is 4.41. The van der Waals surface area contributed by atoms with Crippen LogP contribution >= 0.6 is 27.5 Å². The van der Waals surface area contributed by atoms with Crippen LogP contribution in [-0.4, -0.2) is 36.7 Å². The maximum atomic E-state index is 13.5. The van der Waals surface area contributed by atoms with E-state index in [1.165, 1.54) is 6.07 Å². The Morgan fingerprint density at radius 2 is 1.93 bits per heavy atom. The zero-order valence-corrected chi connectivity index (χ0v) is 17.3. The van der Waals surface area contributed by atoms with Crippen molar-refractivity contribution in [3.05, 3.63) is 62.0 Å². The van der Waals surface area contributed by atoms with Crippen LogP contribution in [0.2, 0.25) is 5.02 Å². The van der Waals surface area contributed by atoms with Crippen LogP contribution in [0.4, 0.5) is 0 Å². The fourth-order valence-corrected chi connectivity index (χ4v) is 6.59. The van der Waals surface area contributed by atoms with Crippen molar-refractivity contribution < 1.29 is 17.6 Å². The Labute approximate surface area is 172 Å². The minimum atomic E-state index is -4.22. The van der Waals surface area contributed by atoms with E-state index < -0.39 is 27.7 Å². The number of fused-ring (bicyclic) bond motifs is 1. The van der Waals surface area contributed by atoms with Crippen molar-refractivity contribution in [1.29, 1.82) is 0 Å². The Bertz CT molecular complexity index is 1240. The van der Waals surface area contributed by atoms with E-state index in [0.717, 1.165) is 4.31 Å². The van der Waals surface area contributed by atoms with Gasteiger partial charge in [0.15, 0.2) is 5.58 Å². The molecule has 2 aromatic carbocycles. The van der Waals surface area contributed by atoms with Gasteiger partial charge in [0.2, 0.25) is 15.9 Å². The van der Waals surface area contributed by atoms with E-state index in [0.29, 0.717) is 5.56 Å². The van der Waals surface area contributed by atoms with E-state index in [-0.39, 0.29) is 38.6 Å². The molecule has 1 amide bonds. The molecule has 3 aromatic rings. The van der Waals surface area contributed by atoms with Gasteiger partial charge in [0, 0.05) is 17.6 Å². The van der Waals surface area contributed by atoms with Crippen LogP contribution in [0.1, 0.15) is 11.6 Å². The SMILES string of the molecule is O=C1NCCN(S(=O)(=O)c2c(Br)cc3[nH]c(=O)oc3c2Cl)C1c1ccccc1. The summed E-state index contributed by atoms with van der Waals surface area (Å²) in [6.45, 7) is 0.226.